The SMILES string of the molecule is CCOc1ccc2nc(N(CCN(CC)CC)C(=O)c3ccn(C)n3)sc2c1.Cl. The highest BCUT2D eigenvalue weighted by atomic mass is 35.5. The van der Waals surface area contributed by atoms with Crippen LogP contribution >= 0.6 is 23.7 Å². The van der Waals surface area contributed by atoms with Crippen LogP contribution in [-0.4, -0.2) is 58.4 Å². The number of aromatic nitrogens is 3. The van der Waals surface area contributed by atoms with Crippen molar-refractivity contribution < 1.29 is 9.53 Å². The van der Waals surface area contributed by atoms with Gasteiger partial charge in [0.1, 0.15) is 5.75 Å². The number of carbonyl (C=O) groups excluding carboxylic acids is 1. The van der Waals surface area contributed by atoms with Crippen LogP contribution in [0.1, 0.15) is 31.3 Å². The molecule has 0 saturated heterocycles. The number of ether oxygens (including phenoxy) is 1. The first-order valence-corrected chi connectivity index (χ1v) is 10.4. The van der Waals surface area contributed by atoms with E-state index in [0.29, 0.717) is 24.0 Å². The number of aryl methyl sites for hydroxylation is 1. The van der Waals surface area contributed by atoms with Crippen LogP contribution < -0.4 is 9.64 Å². The number of fused-ring (bicyclic) bond motifs is 1. The van der Waals surface area contributed by atoms with E-state index in [-0.39, 0.29) is 18.3 Å². The Morgan fingerprint density at radius 2 is 1.93 bits per heavy atom. The highest BCUT2D eigenvalue weighted by molar-refractivity contribution is 7.22. The van der Waals surface area contributed by atoms with E-state index in [9.17, 15) is 4.79 Å². The number of hydrogen-bond donors (Lipinski definition) is 0. The lowest BCUT2D eigenvalue weighted by Gasteiger charge is -2.24. The number of halogens is 1. The molecule has 0 spiro atoms. The van der Waals surface area contributed by atoms with Gasteiger partial charge >= 0.3 is 0 Å². The van der Waals surface area contributed by atoms with E-state index in [1.165, 1.54) is 11.3 Å². The Morgan fingerprint density at radius 1 is 1.17 bits per heavy atom. The van der Waals surface area contributed by atoms with Crippen molar-refractivity contribution in [3.05, 3.63) is 36.2 Å². The molecule has 1 aromatic carbocycles. The third kappa shape index (κ3) is 5.46. The molecule has 0 N–H and O–H groups in total. The fraction of sp³-hybridized carbons (Fsp3) is 0.450. The summed E-state index contributed by atoms with van der Waals surface area (Å²) in [5, 5.41) is 4.97. The fourth-order valence-electron chi connectivity index (χ4n) is 3.00. The van der Waals surface area contributed by atoms with Gasteiger partial charge in [-0.25, -0.2) is 4.98 Å². The lowest BCUT2D eigenvalue weighted by molar-refractivity contribution is 0.0978. The molecule has 2 aromatic heterocycles. The van der Waals surface area contributed by atoms with Crippen LogP contribution in [0.4, 0.5) is 5.13 Å². The standard InChI is InChI=1S/C20H27N5O2S.ClH/c1-5-24(6-2)12-13-25(19(26)17-10-11-23(4)22-17)20-21-16-9-8-15(27-7-3)14-18(16)28-20;/h8-11,14H,5-7,12-13H2,1-4H3;1H. The molecule has 3 aromatic rings. The van der Waals surface area contributed by atoms with Gasteiger partial charge < -0.3 is 9.64 Å². The lowest BCUT2D eigenvalue weighted by atomic mass is 10.3. The van der Waals surface area contributed by atoms with E-state index in [2.05, 4.69) is 23.8 Å². The van der Waals surface area contributed by atoms with Gasteiger partial charge in [-0.3, -0.25) is 14.4 Å². The van der Waals surface area contributed by atoms with Gasteiger partial charge in [-0.2, -0.15) is 5.10 Å². The van der Waals surface area contributed by atoms with E-state index in [0.717, 1.165) is 35.6 Å². The van der Waals surface area contributed by atoms with Crippen LogP contribution in [0.3, 0.4) is 0 Å². The zero-order valence-electron chi connectivity index (χ0n) is 17.3. The maximum atomic E-state index is 13.2. The molecular formula is C20H28ClN5O2S. The largest absolute Gasteiger partial charge is 0.494 e. The summed E-state index contributed by atoms with van der Waals surface area (Å²) in [5.41, 5.74) is 1.29. The maximum absolute atomic E-state index is 13.2. The van der Waals surface area contributed by atoms with E-state index in [1.54, 1.807) is 21.8 Å². The maximum Gasteiger partial charge on any atom is 0.280 e. The quantitative estimate of drug-likeness (QED) is 0.509. The average Bonchev–Trinajstić information content (AvgIpc) is 3.31. The molecule has 29 heavy (non-hydrogen) atoms. The Balaban J connectivity index is 0.00000300. The number of carbonyl (C=O) groups is 1. The molecule has 3 rings (SSSR count). The van der Waals surface area contributed by atoms with Crippen molar-refractivity contribution in [2.45, 2.75) is 20.8 Å². The van der Waals surface area contributed by atoms with Crippen molar-refractivity contribution >= 4 is 45.0 Å². The second-order valence-corrected chi connectivity index (χ2v) is 7.43. The van der Waals surface area contributed by atoms with Crippen molar-refractivity contribution in [3.63, 3.8) is 0 Å². The first-order chi connectivity index (χ1) is 13.5. The average molecular weight is 438 g/mol. The molecule has 0 unspecified atom stereocenters. The topological polar surface area (TPSA) is 63.5 Å². The van der Waals surface area contributed by atoms with Gasteiger partial charge in [-0.1, -0.05) is 25.2 Å². The predicted molar refractivity (Wildman–Crippen MR) is 121 cm³/mol. The van der Waals surface area contributed by atoms with E-state index in [1.807, 2.05) is 32.2 Å². The van der Waals surface area contributed by atoms with Gasteiger partial charge in [0.05, 0.1) is 16.8 Å². The molecule has 0 aliphatic carbocycles. The van der Waals surface area contributed by atoms with Crippen molar-refractivity contribution in [2.75, 3.05) is 37.7 Å². The van der Waals surface area contributed by atoms with Crippen LogP contribution in [0.2, 0.25) is 0 Å². The summed E-state index contributed by atoms with van der Waals surface area (Å²) in [4.78, 5) is 21.9. The number of nitrogens with zero attached hydrogens (tertiary/aromatic N) is 5. The molecule has 1 amide bonds. The molecule has 0 saturated carbocycles. The highest BCUT2D eigenvalue weighted by Gasteiger charge is 2.23. The third-order valence-corrected chi connectivity index (χ3v) is 5.64. The molecule has 0 atom stereocenters. The van der Waals surface area contributed by atoms with Crippen LogP contribution in [0.5, 0.6) is 5.75 Å². The van der Waals surface area contributed by atoms with E-state index in [4.69, 9.17) is 9.72 Å². The Labute approximate surface area is 181 Å². The number of hydrogen-bond acceptors (Lipinski definition) is 6. The highest BCUT2D eigenvalue weighted by Crippen LogP contribution is 2.32. The summed E-state index contributed by atoms with van der Waals surface area (Å²) in [6.45, 7) is 10.1. The van der Waals surface area contributed by atoms with Gasteiger partial charge in [-0.15, -0.1) is 12.4 Å². The zero-order chi connectivity index (χ0) is 20.1. The summed E-state index contributed by atoms with van der Waals surface area (Å²) in [7, 11) is 1.81. The van der Waals surface area contributed by atoms with Crippen molar-refractivity contribution in [3.8, 4) is 5.75 Å². The molecule has 0 aliphatic rings. The van der Waals surface area contributed by atoms with E-state index < -0.39 is 0 Å². The lowest BCUT2D eigenvalue weighted by Crippen LogP contribution is -2.39. The van der Waals surface area contributed by atoms with Gasteiger partial charge in [-0.05, 0) is 44.3 Å². The first-order valence-electron chi connectivity index (χ1n) is 9.62. The van der Waals surface area contributed by atoms with Crippen LogP contribution in [0.15, 0.2) is 30.5 Å². The van der Waals surface area contributed by atoms with E-state index >= 15 is 0 Å². The second kappa shape index (κ2) is 10.6. The number of anilines is 1. The van der Waals surface area contributed by atoms with Crippen molar-refractivity contribution in [2.24, 2.45) is 7.05 Å². The summed E-state index contributed by atoms with van der Waals surface area (Å²) in [6, 6.07) is 7.57. The summed E-state index contributed by atoms with van der Waals surface area (Å²) in [6.07, 6.45) is 1.78. The smallest absolute Gasteiger partial charge is 0.280 e. The Kier molecular flexibility index (Phi) is 8.43. The van der Waals surface area contributed by atoms with Gasteiger partial charge in [0.15, 0.2) is 10.8 Å². The summed E-state index contributed by atoms with van der Waals surface area (Å²) >= 11 is 1.50. The molecule has 0 radical (unpaired) electrons. The molecule has 0 fully saturated rings. The zero-order valence-corrected chi connectivity index (χ0v) is 18.9. The molecule has 0 bridgehead atoms. The Hall–Kier alpha value is -2.16. The van der Waals surface area contributed by atoms with Crippen LogP contribution in [0, 0.1) is 0 Å². The van der Waals surface area contributed by atoms with Crippen molar-refractivity contribution in [1.29, 1.82) is 0 Å². The number of rotatable bonds is 9. The number of thiazole rings is 1. The molecule has 0 aliphatic heterocycles. The van der Waals surface area contributed by atoms with Crippen LogP contribution in [0.25, 0.3) is 10.2 Å². The molecular weight excluding hydrogens is 410 g/mol. The van der Waals surface area contributed by atoms with Crippen molar-refractivity contribution in [1.82, 2.24) is 19.7 Å². The summed E-state index contributed by atoms with van der Waals surface area (Å²) in [5.74, 6) is 0.688. The minimum absolute atomic E-state index is 0. The minimum Gasteiger partial charge on any atom is -0.494 e. The molecule has 2 heterocycles. The van der Waals surface area contributed by atoms with Crippen LogP contribution in [-0.2, 0) is 7.05 Å². The Bertz CT molecular complexity index is 938. The fourth-order valence-corrected chi connectivity index (χ4v) is 4.02. The molecule has 158 valence electrons. The summed E-state index contributed by atoms with van der Waals surface area (Å²) < 4.78 is 8.23. The number of benzene rings is 1. The normalized spacial score (nSPS) is 10.9. The minimum atomic E-state index is -0.128. The number of amides is 1. The van der Waals surface area contributed by atoms with Gasteiger partial charge in [0, 0.05) is 26.3 Å². The third-order valence-electron chi connectivity index (χ3n) is 4.60. The molecule has 7 nitrogen and oxygen atoms in total. The predicted octanol–water partition coefficient (Wildman–Crippen LogP) is 3.84. The van der Waals surface area contributed by atoms with Gasteiger partial charge in [0.2, 0.25) is 0 Å². The monoisotopic (exact) mass is 437 g/mol. The first kappa shape index (κ1) is 23.1. The Morgan fingerprint density at radius 3 is 2.55 bits per heavy atom. The second-order valence-electron chi connectivity index (χ2n) is 6.42. The molecule has 9 heteroatoms. The van der Waals surface area contributed by atoms with Gasteiger partial charge in [0.25, 0.3) is 5.91 Å². The number of likely N-dealkylation sites (N-methyl/N-ethyl adjacent to an activating group) is 1.